The molecule has 8 nitrogen and oxygen atoms in total. The van der Waals surface area contributed by atoms with Crippen molar-refractivity contribution in [2.45, 2.75) is 18.5 Å². The highest BCUT2D eigenvalue weighted by Crippen LogP contribution is 2.25. The molecule has 2 rings (SSSR count). The molecule has 2 amide bonds. The number of amides is 2. The van der Waals surface area contributed by atoms with E-state index in [9.17, 15) is 49.1 Å². The van der Waals surface area contributed by atoms with Gasteiger partial charge >= 0.3 is 24.6 Å². The van der Waals surface area contributed by atoms with Gasteiger partial charge in [0, 0.05) is 11.3 Å². The molecule has 0 saturated heterocycles. The third-order valence-electron chi connectivity index (χ3n) is 3.33. The minimum atomic E-state index is -5.12. The van der Waals surface area contributed by atoms with Gasteiger partial charge in [-0.3, -0.25) is 10.1 Å². The highest BCUT2D eigenvalue weighted by atomic mass is 19.4. The van der Waals surface area contributed by atoms with Crippen LogP contribution in [0.1, 0.15) is 10.4 Å². The molecule has 0 aliphatic heterocycles. The number of aromatic nitrogens is 2. The summed E-state index contributed by atoms with van der Waals surface area (Å²) in [6.07, 6.45) is -14.8. The lowest BCUT2D eigenvalue weighted by Gasteiger charge is -2.13. The molecule has 34 heavy (non-hydrogen) atoms. The quantitative estimate of drug-likeness (QED) is 0.415. The summed E-state index contributed by atoms with van der Waals surface area (Å²) in [7, 11) is 0. The number of carbonyl (C=O) groups excluding carboxylic acids is 2. The van der Waals surface area contributed by atoms with Gasteiger partial charge in [0.1, 0.15) is 0 Å². The monoisotopic (exact) mass is 506 g/mol. The first-order chi connectivity index (χ1) is 15.5. The van der Waals surface area contributed by atoms with Gasteiger partial charge in [-0.2, -0.15) is 49.5 Å². The third kappa shape index (κ3) is 8.99. The van der Waals surface area contributed by atoms with E-state index in [-0.39, 0.29) is 5.69 Å². The van der Waals surface area contributed by atoms with Crippen LogP contribution in [0.4, 0.5) is 55.9 Å². The number of rotatable bonds is 7. The van der Waals surface area contributed by atoms with Gasteiger partial charge in [-0.15, -0.1) is 0 Å². The van der Waals surface area contributed by atoms with Crippen molar-refractivity contribution >= 4 is 23.5 Å². The first-order valence-electron chi connectivity index (χ1n) is 8.59. The van der Waals surface area contributed by atoms with Crippen LogP contribution in [0, 0.1) is 0 Å². The number of hydrogen-bond acceptors (Lipinski definition) is 6. The van der Waals surface area contributed by atoms with E-state index in [0.717, 1.165) is 24.3 Å². The molecule has 1 aromatic heterocycles. The molecule has 17 heteroatoms. The molecule has 0 spiro atoms. The number of halogens is 9. The standard InChI is InChI=1S/C17H11F9N4O4/c18-15(19,20)6-33-10-5-11(34-7-16(21,22)23)29-13(28-10)30-14(32)27-9-3-1-8(2-4-9)12(31)17(24,25)26/h1-5H,6-7H2,(H2,27,28,29,30,32). The molecule has 0 fully saturated rings. The number of alkyl halides is 9. The maximum Gasteiger partial charge on any atom is 0.454 e. The Morgan fingerprint density at radius 3 is 1.65 bits per heavy atom. The van der Waals surface area contributed by atoms with Gasteiger partial charge in [0.2, 0.25) is 17.7 Å². The predicted molar refractivity (Wildman–Crippen MR) is 94.6 cm³/mol. The second-order valence-electron chi connectivity index (χ2n) is 6.16. The molecule has 0 aliphatic rings. The second kappa shape index (κ2) is 10.0. The van der Waals surface area contributed by atoms with Crippen molar-refractivity contribution in [1.29, 1.82) is 0 Å². The van der Waals surface area contributed by atoms with Crippen LogP contribution in [0.15, 0.2) is 30.3 Å². The van der Waals surface area contributed by atoms with E-state index >= 15 is 0 Å². The number of benzene rings is 1. The van der Waals surface area contributed by atoms with Gasteiger partial charge < -0.3 is 14.8 Å². The summed E-state index contributed by atoms with van der Waals surface area (Å²) in [5.41, 5.74) is -0.850. The first kappa shape index (κ1) is 26.5. The van der Waals surface area contributed by atoms with Crippen LogP contribution in [0.5, 0.6) is 11.8 Å². The fourth-order valence-corrected chi connectivity index (χ4v) is 2.05. The number of anilines is 2. The number of hydrogen-bond donors (Lipinski definition) is 2. The van der Waals surface area contributed by atoms with Gasteiger partial charge in [0.25, 0.3) is 5.78 Å². The molecular weight excluding hydrogens is 495 g/mol. The van der Waals surface area contributed by atoms with Crippen LogP contribution in [-0.2, 0) is 0 Å². The summed E-state index contributed by atoms with van der Waals surface area (Å²) >= 11 is 0. The van der Waals surface area contributed by atoms with Gasteiger partial charge in [-0.25, -0.2) is 4.79 Å². The van der Waals surface area contributed by atoms with Crippen molar-refractivity contribution in [3.63, 3.8) is 0 Å². The van der Waals surface area contributed by atoms with Crippen molar-refractivity contribution in [2.24, 2.45) is 0 Å². The fourth-order valence-electron chi connectivity index (χ4n) is 2.05. The molecule has 1 heterocycles. The summed E-state index contributed by atoms with van der Waals surface area (Å²) in [4.78, 5) is 29.9. The van der Waals surface area contributed by atoms with Gasteiger partial charge in [0.15, 0.2) is 13.2 Å². The zero-order chi connectivity index (χ0) is 25.7. The lowest BCUT2D eigenvalue weighted by atomic mass is 10.1. The zero-order valence-corrected chi connectivity index (χ0v) is 16.2. The van der Waals surface area contributed by atoms with E-state index in [1.807, 2.05) is 5.32 Å². The summed E-state index contributed by atoms with van der Waals surface area (Å²) in [6, 6.07) is 2.72. The van der Waals surface area contributed by atoms with E-state index in [2.05, 4.69) is 24.8 Å². The predicted octanol–water partition coefficient (Wildman–Crippen LogP) is 4.75. The number of carbonyl (C=O) groups is 2. The number of Topliss-reactive ketones (excluding diaryl/α,β-unsaturated/α-hetero) is 1. The molecule has 0 aliphatic carbocycles. The van der Waals surface area contributed by atoms with E-state index in [1.165, 1.54) is 0 Å². The van der Waals surface area contributed by atoms with Crippen molar-refractivity contribution in [3.05, 3.63) is 35.9 Å². The van der Waals surface area contributed by atoms with Crippen LogP contribution in [0.2, 0.25) is 0 Å². The molecule has 2 N–H and O–H groups in total. The summed E-state index contributed by atoms with van der Waals surface area (Å²) in [5.74, 6) is -4.71. The Balaban J connectivity index is 2.13. The fraction of sp³-hybridized carbons (Fsp3) is 0.294. The average Bonchev–Trinajstić information content (AvgIpc) is 2.69. The Morgan fingerprint density at radius 2 is 1.24 bits per heavy atom. The van der Waals surface area contributed by atoms with Crippen LogP contribution in [0.25, 0.3) is 0 Å². The summed E-state index contributed by atoms with van der Waals surface area (Å²) < 4.78 is 120. The van der Waals surface area contributed by atoms with Gasteiger partial charge in [-0.1, -0.05) is 0 Å². The molecule has 0 radical (unpaired) electrons. The molecule has 2 aromatic rings. The van der Waals surface area contributed by atoms with Crippen molar-refractivity contribution in [3.8, 4) is 11.8 Å². The maximum absolute atomic E-state index is 12.4. The Labute approximate surface area is 183 Å². The highest BCUT2D eigenvalue weighted by molar-refractivity contribution is 6.01. The molecule has 1 aromatic carbocycles. The largest absolute Gasteiger partial charge is 0.468 e. The molecule has 0 saturated carbocycles. The Bertz CT molecular complexity index is 985. The average molecular weight is 506 g/mol. The highest BCUT2D eigenvalue weighted by Gasteiger charge is 2.39. The Hall–Kier alpha value is -3.79. The summed E-state index contributed by atoms with van der Waals surface area (Å²) in [5, 5.41) is 3.97. The number of nitrogens with zero attached hydrogens (tertiary/aromatic N) is 2. The van der Waals surface area contributed by atoms with E-state index in [1.54, 1.807) is 0 Å². The lowest BCUT2D eigenvalue weighted by Crippen LogP contribution is -2.24. The topological polar surface area (TPSA) is 102 Å². The minimum absolute atomic E-state index is 0.130. The van der Waals surface area contributed by atoms with Crippen LogP contribution in [-0.4, -0.2) is 53.5 Å². The maximum atomic E-state index is 12.4. The third-order valence-corrected chi connectivity index (χ3v) is 3.33. The molecule has 0 bridgehead atoms. The smallest absolute Gasteiger partial charge is 0.454 e. The Morgan fingerprint density at radius 1 is 0.765 bits per heavy atom. The van der Waals surface area contributed by atoms with Gasteiger partial charge in [0.05, 0.1) is 6.07 Å². The first-order valence-corrected chi connectivity index (χ1v) is 8.59. The normalized spacial score (nSPS) is 12.1. The van der Waals surface area contributed by atoms with Crippen LogP contribution < -0.4 is 20.1 Å². The van der Waals surface area contributed by atoms with Crippen molar-refractivity contribution in [2.75, 3.05) is 23.8 Å². The molecule has 186 valence electrons. The molecule has 0 unspecified atom stereocenters. The molecule has 0 atom stereocenters. The lowest BCUT2D eigenvalue weighted by molar-refractivity contribution is -0.154. The van der Waals surface area contributed by atoms with Gasteiger partial charge in [-0.05, 0) is 24.3 Å². The molecular formula is C17H11F9N4O4. The number of urea groups is 1. The van der Waals surface area contributed by atoms with Crippen molar-refractivity contribution < 1.29 is 58.6 Å². The number of ketones is 1. The SMILES string of the molecule is O=C(Nc1ccc(C(=O)C(F)(F)F)cc1)Nc1nc(OCC(F)(F)F)cc(OCC(F)(F)F)n1. The number of ether oxygens (including phenoxy) is 2. The Kier molecular flexibility index (Phi) is 7.78. The minimum Gasteiger partial charge on any atom is -0.468 e. The summed E-state index contributed by atoms with van der Waals surface area (Å²) in [6.45, 7) is -3.73. The van der Waals surface area contributed by atoms with Crippen molar-refractivity contribution in [1.82, 2.24) is 9.97 Å². The van der Waals surface area contributed by atoms with Crippen LogP contribution >= 0.6 is 0 Å². The van der Waals surface area contributed by atoms with E-state index in [0.29, 0.717) is 6.07 Å². The second-order valence-corrected chi connectivity index (χ2v) is 6.16. The zero-order valence-electron chi connectivity index (χ0n) is 16.2. The van der Waals surface area contributed by atoms with Crippen LogP contribution in [0.3, 0.4) is 0 Å². The van der Waals surface area contributed by atoms with E-state index < -0.39 is 66.8 Å². The number of nitrogens with one attached hydrogen (secondary N) is 2. The van der Waals surface area contributed by atoms with E-state index in [4.69, 9.17) is 0 Å².